The molecule has 30 heavy (non-hydrogen) atoms. The fourth-order valence-electron chi connectivity index (χ4n) is 4.86. The van der Waals surface area contributed by atoms with E-state index in [1.807, 2.05) is 0 Å². The fraction of sp³-hybridized carbons (Fsp3) is 0.478. The lowest BCUT2D eigenvalue weighted by atomic mass is 9.82. The topological polar surface area (TPSA) is 58.6 Å². The van der Waals surface area contributed by atoms with E-state index in [1.165, 1.54) is 16.7 Å². The molecule has 7 nitrogen and oxygen atoms in total. The molecule has 0 aliphatic carbocycles. The first-order chi connectivity index (χ1) is 14.6. The SMILES string of the molecule is COc1cc2c(c(OC)c1OC)CN1CCc3cc(OC)c(OC)c(OC)c3[C@H]1C2. The first-order valence-corrected chi connectivity index (χ1v) is 9.98. The molecular weight excluding hydrogens is 386 g/mol. The average molecular weight is 415 g/mol. The van der Waals surface area contributed by atoms with Crippen LogP contribution in [0.3, 0.4) is 0 Å². The number of rotatable bonds is 6. The van der Waals surface area contributed by atoms with E-state index in [1.54, 1.807) is 42.7 Å². The molecule has 0 fully saturated rings. The summed E-state index contributed by atoms with van der Waals surface area (Å²) in [5, 5.41) is 0. The third-order valence-electron chi connectivity index (χ3n) is 6.20. The van der Waals surface area contributed by atoms with Gasteiger partial charge < -0.3 is 28.4 Å². The van der Waals surface area contributed by atoms with Gasteiger partial charge in [-0.15, -0.1) is 0 Å². The molecular formula is C23H29NO6. The van der Waals surface area contributed by atoms with Crippen molar-refractivity contribution in [2.75, 3.05) is 49.2 Å². The largest absolute Gasteiger partial charge is 0.493 e. The van der Waals surface area contributed by atoms with Gasteiger partial charge in [0, 0.05) is 30.3 Å². The van der Waals surface area contributed by atoms with Gasteiger partial charge in [0.2, 0.25) is 11.5 Å². The smallest absolute Gasteiger partial charge is 0.203 e. The third-order valence-corrected chi connectivity index (χ3v) is 6.20. The molecule has 4 rings (SSSR count). The minimum absolute atomic E-state index is 0.166. The average Bonchev–Trinajstić information content (AvgIpc) is 2.79. The zero-order valence-electron chi connectivity index (χ0n) is 18.5. The molecule has 0 unspecified atom stereocenters. The number of hydrogen-bond donors (Lipinski definition) is 0. The van der Waals surface area contributed by atoms with E-state index in [4.69, 9.17) is 28.4 Å². The number of methoxy groups -OCH3 is 6. The molecule has 0 radical (unpaired) electrons. The Labute approximate surface area is 177 Å². The van der Waals surface area contributed by atoms with Crippen LogP contribution in [0.2, 0.25) is 0 Å². The van der Waals surface area contributed by atoms with Crippen LogP contribution < -0.4 is 28.4 Å². The molecule has 0 aromatic heterocycles. The maximum absolute atomic E-state index is 5.84. The van der Waals surface area contributed by atoms with E-state index in [0.29, 0.717) is 23.0 Å². The summed E-state index contributed by atoms with van der Waals surface area (Å²) in [6, 6.07) is 4.31. The van der Waals surface area contributed by atoms with Crippen LogP contribution in [0.5, 0.6) is 34.5 Å². The molecule has 0 amide bonds. The van der Waals surface area contributed by atoms with Crippen molar-refractivity contribution < 1.29 is 28.4 Å². The fourth-order valence-corrected chi connectivity index (χ4v) is 4.86. The standard InChI is InChI=1S/C23H29NO6/c1-25-17-10-13-7-8-24-12-15-14(11-18(26-2)21(28-4)20(15)27-3)9-16(24)19(13)23(30-6)22(17)29-5/h10-11,16H,7-9,12H2,1-6H3/t16-/m1/s1. The van der Waals surface area contributed by atoms with Gasteiger partial charge in [-0.05, 0) is 36.1 Å². The molecule has 7 heteroatoms. The first kappa shape index (κ1) is 20.5. The number of nitrogens with zero attached hydrogens (tertiary/aromatic N) is 1. The van der Waals surface area contributed by atoms with E-state index in [0.717, 1.165) is 43.0 Å². The summed E-state index contributed by atoms with van der Waals surface area (Å²) in [5.74, 6) is 4.14. The monoisotopic (exact) mass is 415 g/mol. The Morgan fingerprint density at radius 1 is 0.700 bits per heavy atom. The summed E-state index contributed by atoms with van der Waals surface area (Å²) < 4.78 is 34.0. The van der Waals surface area contributed by atoms with E-state index < -0.39 is 0 Å². The van der Waals surface area contributed by atoms with Gasteiger partial charge in [0.15, 0.2) is 23.0 Å². The second kappa shape index (κ2) is 8.14. The molecule has 0 N–H and O–H groups in total. The van der Waals surface area contributed by atoms with E-state index in [9.17, 15) is 0 Å². The van der Waals surface area contributed by atoms with Crippen LogP contribution >= 0.6 is 0 Å². The lowest BCUT2D eigenvalue weighted by molar-refractivity contribution is 0.152. The van der Waals surface area contributed by atoms with Crippen LogP contribution in [0.4, 0.5) is 0 Å². The van der Waals surface area contributed by atoms with Crippen molar-refractivity contribution >= 4 is 0 Å². The third kappa shape index (κ3) is 2.99. The zero-order valence-corrected chi connectivity index (χ0v) is 18.5. The molecule has 0 spiro atoms. The van der Waals surface area contributed by atoms with Crippen molar-refractivity contribution in [3.8, 4) is 34.5 Å². The van der Waals surface area contributed by atoms with Crippen molar-refractivity contribution in [2.45, 2.75) is 25.4 Å². The summed E-state index contributed by atoms with van der Waals surface area (Å²) in [5.41, 5.74) is 4.74. The zero-order chi connectivity index (χ0) is 21.4. The molecule has 1 atom stereocenters. The minimum atomic E-state index is 0.166. The highest BCUT2D eigenvalue weighted by atomic mass is 16.5. The van der Waals surface area contributed by atoms with Crippen molar-refractivity contribution in [1.82, 2.24) is 4.90 Å². The summed E-state index contributed by atoms with van der Waals surface area (Å²) in [4.78, 5) is 2.47. The van der Waals surface area contributed by atoms with Crippen molar-refractivity contribution in [1.29, 1.82) is 0 Å². The maximum atomic E-state index is 5.84. The van der Waals surface area contributed by atoms with Gasteiger partial charge in [-0.2, -0.15) is 0 Å². The second-order valence-corrected chi connectivity index (χ2v) is 7.44. The highest BCUT2D eigenvalue weighted by Crippen LogP contribution is 2.52. The highest BCUT2D eigenvalue weighted by Gasteiger charge is 2.38. The molecule has 2 aliphatic rings. The molecule has 2 aromatic rings. The van der Waals surface area contributed by atoms with Crippen molar-refractivity contribution in [3.63, 3.8) is 0 Å². The van der Waals surface area contributed by atoms with Gasteiger partial charge in [0.05, 0.1) is 42.7 Å². The Morgan fingerprint density at radius 3 is 1.83 bits per heavy atom. The van der Waals surface area contributed by atoms with E-state index >= 15 is 0 Å². The lowest BCUT2D eigenvalue weighted by Crippen LogP contribution is -2.39. The first-order valence-electron chi connectivity index (χ1n) is 9.98. The van der Waals surface area contributed by atoms with Gasteiger partial charge in [0.25, 0.3) is 0 Å². The lowest BCUT2D eigenvalue weighted by Gasteiger charge is -2.42. The molecule has 2 aliphatic heterocycles. The Morgan fingerprint density at radius 2 is 1.27 bits per heavy atom. The van der Waals surface area contributed by atoms with Gasteiger partial charge in [0.1, 0.15) is 0 Å². The summed E-state index contributed by atoms with van der Waals surface area (Å²) >= 11 is 0. The predicted octanol–water partition coefficient (Wildman–Crippen LogP) is 3.39. The summed E-state index contributed by atoms with van der Waals surface area (Å²) in [6.07, 6.45) is 1.72. The Bertz CT molecular complexity index is 958. The Kier molecular flexibility index (Phi) is 5.56. The van der Waals surface area contributed by atoms with Gasteiger partial charge >= 0.3 is 0 Å². The molecule has 162 valence electrons. The molecule has 2 heterocycles. The normalized spacial score (nSPS) is 17.3. The quantitative estimate of drug-likeness (QED) is 0.717. The number of fused-ring (bicyclic) bond motifs is 4. The van der Waals surface area contributed by atoms with Gasteiger partial charge in [-0.3, -0.25) is 4.90 Å². The second-order valence-electron chi connectivity index (χ2n) is 7.44. The van der Waals surface area contributed by atoms with E-state index in [2.05, 4.69) is 17.0 Å². The summed E-state index contributed by atoms with van der Waals surface area (Å²) in [7, 11) is 9.95. The number of hydrogen-bond acceptors (Lipinski definition) is 7. The highest BCUT2D eigenvalue weighted by molar-refractivity contribution is 5.63. The molecule has 0 saturated carbocycles. The van der Waals surface area contributed by atoms with Crippen LogP contribution in [-0.4, -0.2) is 54.1 Å². The molecule has 0 bridgehead atoms. The number of ether oxygens (including phenoxy) is 6. The minimum Gasteiger partial charge on any atom is -0.493 e. The van der Waals surface area contributed by atoms with Crippen LogP contribution in [-0.2, 0) is 19.4 Å². The molecule has 2 aromatic carbocycles. The number of benzene rings is 2. The van der Waals surface area contributed by atoms with Crippen LogP contribution in [0, 0.1) is 0 Å². The Balaban J connectivity index is 1.86. The van der Waals surface area contributed by atoms with Crippen molar-refractivity contribution in [2.24, 2.45) is 0 Å². The van der Waals surface area contributed by atoms with Gasteiger partial charge in [-0.25, -0.2) is 0 Å². The van der Waals surface area contributed by atoms with E-state index in [-0.39, 0.29) is 6.04 Å². The maximum Gasteiger partial charge on any atom is 0.203 e. The Hall–Kier alpha value is -2.80. The van der Waals surface area contributed by atoms with Gasteiger partial charge in [-0.1, -0.05) is 0 Å². The van der Waals surface area contributed by atoms with Crippen LogP contribution in [0.15, 0.2) is 12.1 Å². The van der Waals surface area contributed by atoms with Crippen LogP contribution in [0.25, 0.3) is 0 Å². The van der Waals surface area contributed by atoms with Crippen molar-refractivity contribution in [3.05, 3.63) is 34.4 Å². The summed E-state index contributed by atoms with van der Waals surface area (Å²) in [6.45, 7) is 1.70. The molecule has 0 saturated heterocycles. The van der Waals surface area contributed by atoms with Crippen LogP contribution in [0.1, 0.15) is 28.3 Å². The predicted molar refractivity (Wildman–Crippen MR) is 113 cm³/mol.